The average molecular weight is 269 g/mol. The maximum Gasteiger partial charge on any atom is 0.269 e. The number of nitrogens with one attached hydrogen (secondary N) is 2. The molecule has 0 amide bonds. The lowest BCUT2D eigenvalue weighted by molar-refractivity contribution is -0.384. The number of benzene rings is 1. The first kappa shape index (κ1) is 12.6. The minimum absolute atomic E-state index is 0.0368. The molecule has 0 radical (unpaired) electrons. The van der Waals surface area contributed by atoms with Gasteiger partial charge in [-0.3, -0.25) is 15.1 Å². The molecule has 0 unspecified atom stereocenters. The lowest BCUT2D eigenvalue weighted by atomic mass is 10.2. The van der Waals surface area contributed by atoms with E-state index in [0.29, 0.717) is 23.1 Å². The first-order valence-electron chi connectivity index (χ1n) is 5.62. The van der Waals surface area contributed by atoms with E-state index in [1.165, 1.54) is 18.2 Å². The second-order valence-electron chi connectivity index (χ2n) is 3.90. The molecule has 2 rings (SSSR count). The lowest BCUT2D eigenvalue weighted by Crippen LogP contribution is -2.40. The molecular weight excluding hydrogens is 256 g/mol. The van der Waals surface area contributed by atoms with E-state index < -0.39 is 4.92 Å². The van der Waals surface area contributed by atoms with Gasteiger partial charge in [0, 0.05) is 36.8 Å². The summed E-state index contributed by atoms with van der Waals surface area (Å²) in [5, 5.41) is 17.4. The Balaban J connectivity index is 2.06. The summed E-state index contributed by atoms with van der Waals surface area (Å²) in [4.78, 5) is 14.5. The zero-order valence-electron chi connectivity index (χ0n) is 9.65. The minimum atomic E-state index is -0.434. The second kappa shape index (κ2) is 5.68. The molecule has 1 heterocycles. The fourth-order valence-electron chi connectivity index (χ4n) is 1.64. The first-order chi connectivity index (χ1) is 8.66. The van der Waals surface area contributed by atoms with E-state index in [2.05, 4.69) is 15.6 Å². The number of hydrogen-bond donors (Lipinski definition) is 2. The van der Waals surface area contributed by atoms with Crippen molar-refractivity contribution in [2.75, 3.05) is 13.1 Å². The van der Waals surface area contributed by atoms with E-state index in [0.717, 1.165) is 19.5 Å². The van der Waals surface area contributed by atoms with Crippen LogP contribution in [0.3, 0.4) is 0 Å². The second-order valence-corrected chi connectivity index (χ2v) is 4.30. The Hall–Kier alpha value is -1.82. The van der Waals surface area contributed by atoms with Crippen LogP contribution in [0.15, 0.2) is 23.2 Å². The van der Waals surface area contributed by atoms with Crippen molar-refractivity contribution in [2.45, 2.75) is 13.0 Å². The first-order valence-corrected chi connectivity index (χ1v) is 5.99. The Labute approximate surface area is 109 Å². The van der Waals surface area contributed by atoms with Crippen LogP contribution in [-0.4, -0.2) is 24.0 Å². The van der Waals surface area contributed by atoms with Gasteiger partial charge in [0.05, 0.1) is 4.92 Å². The number of hydrogen-bond acceptors (Lipinski definition) is 5. The molecule has 7 heteroatoms. The van der Waals surface area contributed by atoms with Crippen molar-refractivity contribution in [2.24, 2.45) is 4.99 Å². The topological polar surface area (TPSA) is 79.6 Å². The van der Waals surface area contributed by atoms with Gasteiger partial charge in [-0.05, 0) is 18.1 Å². The van der Waals surface area contributed by atoms with Gasteiger partial charge in [-0.2, -0.15) is 0 Å². The maximum absolute atomic E-state index is 10.7. The van der Waals surface area contributed by atoms with E-state index >= 15 is 0 Å². The van der Waals surface area contributed by atoms with E-state index in [1.807, 2.05) is 0 Å². The third-order valence-electron chi connectivity index (χ3n) is 2.58. The molecular formula is C11H13ClN4O2. The van der Waals surface area contributed by atoms with Crippen LogP contribution in [0.5, 0.6) is 0 Å². The van der Waals surface area contributed by atoms with Gasteiger partial charge in [0.1, 0.15) is 0 Å². The molecule has 1 aromatic carbocycles. The molecule has 0 saturated heterocycles. The van der Waals surface area contributed by atoms with Crippen molar-refractivity contribution in [3.63, 3.8) is 0 Å². The van der Waals surface area contributed by atoms with Gasteiger partial charge in [-0.1, -0.05) is 11.6 Å². The highest BCUT2D eigenvalue weighted by atomic mass is 35.5. The van der Waals surface area contributed by atoms with E-state index in [-0.39, 0.29) is 5.69 Å². The third kappa shape index (κ3) is 3.10. The van der Waals surface area contributed by atoms with Gasteiger partial charge >= 0.3 is 0 Å². The number of halogens is 1. The number of nitrogens with zero attached hydrogens (tertiary/aromatic N) is 2. The predicted molar refractivity (Wildman–Crippen MR) is 69.9 cm³/mol. The standard InChI is InChI=1S/C11H13ClN4O2/c12-10-3-2-9(16(17)18)6-8(10)7-15-11-13-4-1-5-14-11/h2-3,6H,1,4-5,7H2,(H2,13,14,15). The van der Waals surface area contributed by atoms with Gasteiger partial charge in [-0.15, -0.1) is 0 Å². The van der Waals surface area contributed by atoms with E-state index in [4.69, 9.17) is 11.6 Å². The maximum atomic E-state index is 10.7. The molecule has 0 bridgehead atoms. The zero-order chi connectivity index (χ0) is 13.0. The van der Waals surface area contributed by atoms with Gasteiger partial charge < -0.3 is 10.6 Å². The predicted octanol–water partition coefficient (Wildman–Crippen LogP) is 1.69. The lowest BCUT2D eigenvalue weighted by Gasteiger charge is -2.16. The van der Waals surface area contributed by atoms with Crippen molar-refractivity contribution >= 4 is 23.2 Å². The molecule has 96 valence electrons. The summed E-state index contributed by atoms with van der Waals surface area (Å²) in [7, 11) is 0. The van der Waals surface area contributed by atoms with Crippen LogP contribution in [0.2, 0.25) is 5.02 Å². The largest absolute Gasteiger partial charge is 0.356 e. The molecule has 0 aromatic heterocycles. The minimum Gasteiger partial charge on any atom is -0.356 e. The van der Waals surface area contributed by atoms with Gasteiger partial charge in [0.25, 0.3) is 5.69 Å². The normalized spacial score (nSPS) is 14.6. The molecule has 0 saturated carbocycles. The monoisotopic (exact) mass is 268 g/mol. The molecule has 0 aliphatic carbocycles. The molecule has 0 fully saturated rings. The summed E-state index contributed by atoms with van der Waals surface area (Å²) in [5.41, 5.74) is 0.718. The van der Waals surface area contributed by atoms with Crippen LogP contribution in [0, 0.1) is 10.1 Å². The highest BCUT2D eigenvalue weighted by Gasteiger charge is 2.10. The molecule has 0 spiro atoms. The van der Waals surface area contributed by atoms with Gasteiger partial charge in [-0.25, -0.2) is 0 Å². The van der Waals surface area contributed by atoms with Crippen molar-refractivity contribution in [1.82, 2.24) is 10.6 Å². The third-order valence-corrected chi connectivity index (χ3v) is 2.95. The van der Waals surface area contributed by atoms with Gasteiger partial charge in [0.15, 0.2) is 5.96 Å². The number of nitro groups is 1. The Kier molecular flexibility index (Phi) is 3.99. The highest BCUT2D eigenvalue weighted by molar-refractivity contribution is 6.31. The number of nitro benzene ring substituents is 1. The fourth-order valence-corrected chi connectivity index (χ4v) is 1.82. The summed E-state index contributed by atoms with van der Waals surface area (Å²) in [6.07, 6.45) is 1.02. The molecule has 2 N–H and O–H groups in total. The Morgan fingerprint density at radius 3 is 3.06 bits per heavy atom. The average Bonchev–Trinajstić information content (AvgIpc) is 2.38. The van der Waals surface area contributed by atoms with Crippen LogP contribution >= 0.6 is 11.6 Å². The number of rotatable bonds is 3. The number of aliphatic imine (C=N–C) groups is 1. The fraction of sp³-hybridized carbons (Fsp3) is 0.364. The molecule has 1 aliphatic rings. The molecule has 6 nitrogen and oxygen atoms in total. The summed E-state index contributed by atoms with van der Waals surface area (Å²) in [6.45, 7) is 2.08. The van der Waals surface area contributed by atoms with Crippen molar-refractivity contribution in [3.8, 4) is 0 Å². The summed E-state index contributed by atoms with van der Waals surface area (Å²) < 4.78 is 0. The SMILES string of the molecule is O=[N+]([O-])c1ccc(Cl)c(CNC2=NCCCN2)c1. The summed E-state index contributed by atoms with van der Waals surface area (Å²) >= 11 is 6.00. The van der Waals surface area contributed by atoms with Crippen molar-refractivity contribution in [1.29, 1.82) is 0 Å². The zero-order valence-corrected chi connectivity index (χ0v) is 10.4. The van der Waals surface area contributed by atoms with Crippen LogP contribution < -0.4 is 10.6 Å². The highest BCUT2D eigenvalue weighted by Crippen LogP contribution is 2.21. The van der Waals surface area contributed by atoms with Crippen LogP contribution in [0.25, 0.3) is 0 Å². The molecule has 1 aliphatic heterocycles. The Morgan fingerprint density at radius 2 is 2.39 bits per heavy atom. The van der Waals surface area contributed by atoms with Crippen LogP contribution in [-0.2, 0) is 6.54 Å². The van der Waals surface area contributed by atoms with Crippen molar-refractivity contribution < 1.29 is 4.92 Å². The van der Waals surface area contributed by atoms with Gasteiger partial charge in [0.2, 0.25) is 0 Å². The quantitative estimate of drug-likeness (QED) is 0.646. The smallest absolute Gasteiger partial charge is 0.269 e. The summed E-state index contributed by atoms with van der Waals surface area (Å²) in [6, 6.07) is 4.40. The number of guanidine groups is 1. The van der Waals surface area contributed by atoms with E-state index in [9.17, 15) is 10.1 Å². The molecule has 0 atom stereocenters. The summed E-state index contributed by atoms with van der Waals surface area (Å²) in [5.74, 6) is 0.712. The number of non-ortho nitro benzene ring substituents is 1. The molecule has 1 aromatic rings. The Bertz CT molecular complexity index is 490. The molecule has 18 heavy (non-hydrogen) atoms. The van der Waals surface area contributed by atoms with Crippen LogP contribution in [0.4, 0.5) is 5.69 Å². The van der Waals surface area contributed by atoms with Crippen molar-refractivity contribution in [3.05, 3.63) is 38.9 Å². The van der Waals surface area contributed by atoms with E-state index in [1.54, 1.807) is 0 Å². The van der Waals surface area contributed by atoms with Crippen LogP contribution in [0.1, 0.15) is 12.0 Å². The Morgan fingerprint density at radius 1 is 1.56 bits per heavy atom.